The van der Waals surface area contributed by atoms with Gasteiger partial charge in [-0.3, -0.25) is 9.20 Å². The van der Waals surface area contributed by atoms with Crippen molar-refractivity contribution in [1.82, 2.24) is 34.6 Å². The Labute approximate surface area is 165 Å². The molecule has 1 amide bonds. The van der Waals surface area contributed by atoms with Crippen LogP contribution < -0.4 is 5.32 Å². The number of para-hydroxylation sites is 1. The lowest BCUT2D eigenvalue weighted by atomic mass is 10.2. The number of nitrogens with zero attached hydrogens (tertiary/aromatic N) is 6. The molecule has 0 bridgehead atoms. The minimum absolute atomic E-state index is 0.0962. The van der Waals surface area contributed by atoms with Crippen LogP contribution in [0.5, 0.6) is 0 Å². The number of aromatic nitrogens is 6. The van der Waals surface area contributed by atoms with Gasteiger partial charge < -0.3 is 14.4 Å². The minimum atomic E-state index is -0.0962. The van der Waals surface area contributed by atoms with Gasteiger partial charge in [-0.05, 0) is 36.6 Å². The summed E-state index contributed by atoms with van der Waals surface area (Å²) in [5.74, 6) is 1.54. The summed E-state index contributed by atoms with van der Waals surface area (Å²) in [6.45, 7) is 2.28. The molecule has 0 atom stereocenters. The van der Waals surface area contributed by atoms with Crippen LogP contribution in [-0.2, 0) is 17.9 Å². The number of carbonyl (C=O) groups excluding carboxylic acids is 1. The third kappa shape index (κ3) is 3.22. The van der Waals surface area contributed by atoms with Crippen molar-refractivity contribution in [1.29, 1.82) is 0 Å². The number of rotatable bonds is 5. The van der Waals surface area contributed by atoms with Gasteiger partial charge in [0.05, 0.1) is 6.54 Å². The van der Waals surface area contributed by atoms with E-state index in [4.69, 9.17) is 4.52 Å². The van der Waals surface area contributed by atoms with E-state index in [9.17, 15) is 4.79 Å². The Bertz CT molecular complexity index is 1330. The standard InChI is InChI=1S/C20H17N7O2/c1-13-22-20(29-25-13)15-7-9-27-17(10-15)23-24-18(27)11-21-19(28)12-26-8-6-14-4-2-3-5-16(14)26/h2-10H,11-12H2,1H3,(H,21,28). The molecule has 9 heteroatoms. The lowest BCUT2D eigenvalue weighted by molar-refractivity contribution is -0.121. The number of amides is 1. The van der Waals surface area contributed by atoms with Gasteiger partial charge in [-0.15, -0.1) is 10.2 Å². The maximum Gasteiger partial charge on any atom is 0.258 e. The molecule has 4 aromatic heterocycles. The van der Waals surface area contributed by atoms with Crippen molar-refractivity contribution >= 4 is 22.5 Å². The summed E-state index contributed by atoms with van der Waals surface area (Å²) in [5, 5.41) is 16.2. The Morgan fingerprint density at radius 3 is 2.90 bits per heavy atom. The molecule has 1 N–H and O–H groups in total. The molecule has 0 saturated heterocycles. The summed E-state index contributed by atoms with van der Waals surface area (Å²) in [5.41, 5.74) is 2.43. The first-order valence-electron chi connectivity index (χ1n) is 9.12. The van der Waals surface area contributed by atoms with Crippen molar-refractivity contribution in [2.24, 2.45) is 0 Å². The molecule has 5 rings (SSSR count). The molecule has 144 valence electrons. The molecule has 5 aromatic rings. The molecule has 0 aliphatic heterocycles. The van der Waals surface area contributed by atoms with Crippen LogP contribution in [0, 0.1) is 6.92 Å². The fraction of sp³-hybridized carbons (Fsp3) is 0.150. The molecule has 0 spiro atoms. The fourth-order valence-electron chi connectivity index (χ4n) is 3.27. The van der Waals surface area contributed by atoms with Crippen LogP contribution in [0.15, 0.2) is 59.4 Å². The normalized spacial score (nSPS) is 11.3. The van der Waals surface area contributed by atoms with Crippen LogP contribution in [0.2, 0.25) is 0 Å². The molecule has 4 heterocycles. The number of hydrogen-bond donors (Lipinski definition) is 1. The minimum Gasteiger partial charge on any atom is -0.347 e. The van der Waals surface area contributed by atoms with Crippen LogP contribution in [0.25, 0.3) is 28.0 Å². The van der Waals surface area contributed by atoms with E-state index < -0.39 is 0 Å². The zero-order chi connectivity index (χ0) is 19.8. The van der Waals surface area contributed by atoms with E-state index in [-0.39, 0.29) is 19.0 Å². The lowest BCUT2D eigenvalue weighted by Crippen LogP contribution is -2.27. The van der Waals surface area contributed by atoms with Crippen LogP contribution in [-0.4, -0.2) is 35.2 Å². The number of hydrogen-bond acceptors (Lipinski definition) is 6. The van der Waals surface area contributed by atoms with Gasteiger partial charge >= 0.3 is 0 Å². The van der Waals surface area contributed by atoms with E-state index in [0.717, 1.165) is 16.5 Å². The van der Waals surface area contributed by atoms with Crippen molar-refractivity contribution in [2.75, 3.05) is 0 Å². The van der Waals surface area contributed by atoms with Gasteiger partial charge in [0.2, 0.25) is 5.91 Å². The van der Waals surface area contributed by atoms with E-state index in [0.29, 0.717) is 23.2 Å². The molecule has 0 fully saturated rings. The van der Waals surface area contributed by atoms with E-state index in [2.05, 4.69) is 25.7 Å². The van der Waals surface area contributed by atoms with Gasteiger partial charge in [-0.1, -0.05) is 23.4 Å². The molecule has 0 aliphatic rings. The second-order valence-electron chi connectivity index (χ2n) is 6.69. The smallest absolute Gasteiger partial charge is 0.258 e. The summed E-state index contributed by atoms with van der Waals surface area (Å²) in [4.78, 5) is 16.6. The highest BCUT2D eigenvalue weighted by Crippen LogP contribution is 2.19. The Kier molecular flexibility index (Phi) is 4.05. The van der Waals surface area contributed by atoms with Crippen molar-refractivity contribution in [3.05, 3.63) is 66.5 Å². The van der Waals surface area contributed by atoms with Gasteiger partial charge in [-0.25, -0.2) is 0 Å². The third-order valence-electron chi connectivity index (χ3n) is 4.69. The van der Waals surface area contributed by atoms with Crippen molar-refractivity contribution in [3.8, 4) is 11.5 Å². The molecule has 0 saturated carbocycles. The monoisotopic (exact) mass is 387 g/mol. The SMILES string of the molecule is Cc1noc(-c2ccn3c(CNC(=O)Cn4ccc5ccccc54)nnc3c2)n1. The summed E-state index contributed by atoms with van der Waals surface area (Å²) in [7, 11) is 0. The Morgan fingerprint density at radius 1 is 1.14 bits per heavy atom. The zero-order valence-electron chi connectivity index (χ0n) is 15.6. The van der Waals surface area contributed by atoms with E-state index in [1.807, 2.05) is 63.8 Å². The molecule has 1 aromatic carbocycles. The first-order valence-corrected chi connectivity index (χ1v) is 9.12. The first kappa shape index (κ1) is 17.1. The number of aryl methyl sites for hydroxylation is 1. The maximum absolute atomic E-state index is 12.4. The average Bonchev–Trinajstić information content (AvgIpc) is 3.45. The summed E-state index contributed by atoms with van der Waals surface area (Å²) in [6.07, 6.45) is 3.74. The number of carbonyl (C=O) groups is 1. The van der Waals surface area contributed by atoms with E-state index in [1.165, 1.54) is 0 Å². The van der Waals surface area contributed by atoms with E-state index in [1.54, 1.807) is 6.92 Å². The average molecular weight is 387 g/mol. The maximum atomic E-state index is 12.4. The van der Waals surface area contributed by atoms with Crippen molar-refractivity contribution < 1.29 is 9.32 Å². The molecule has 0 radical (unpaired) electrons. The molecule has 0 aliphatic carbocycles. The molecule has 9 nitrogen and oxygen atoms in total. The number of fused-ring (bicyclic) bond motifs is 2. The van der Waals surface area contributed by atoms with Crippen LogP contribution in [0.3, 0.4) is 0 Å². The lowest BCUT2D eigenvalue weighted by Gasteiger charge is -2.07. The van der Waals surface area contributed by atoms with Crippen LogP contribution in [0.1, 0.15) is 11.6 Å². The van der Waals surface area contributed by atoms with Gasteiger partial charge in [0, 0.05) is 23.5 Å². The molecular formula is C20H17N7O2. The highest BCUT2D eigenvalue weighted by atomic mass is 16.5. The predicted octanol–water partition coefficient (Wildman–Crippen LogP) is 2.36. The largest absolute Gasteiger partial charge is 0.347 e. The highest BCUT2D eigenvalue weighted by Gasteiger charge is 2.12. The predicted molar refractivity (Wildman–Crippen MR) is 105 cm³/mol. The molecule has 0 unspecified atom stereocenters. The van der Waals surface area contributed by atoms with E-state index >= 15 is 0 Å². The fourth-order valence-corrected chi connectivity index (χ4v) is 3.27. The van der Waals surface area contributed by atoms with Crippen LogP contribution in [0.4, 0.5) is 0 Å². The number of benzene rings is 1. The Morgan fingerprint density at radius 2 is 2.03 bits per heavy atom. The Balaban J connectivity index is 1.29. The zero-order valence-corrected chi connectivity index (χ0v) is 15.6. The van der Waals surface area contributed by atoms with Crippen molar-refractivity contribution in [2.45, 2.75) is 20.0 Å². The highest BCUT2D eigenvalue weighted by molar-refractivity contribution is 5.83. The molecular weight excluding hydrogens is 370 g/mol. The quantitative estimate of drug-likeness (QED) is 0.497. The topological polar surface area (TPSA) is 103 Å². The second kappa shape index (κ2) is 6.86. The van der Waals surface area contributed by atoms with Gasteiger partial charge in [0.15, 0.2) is 17.3 Å². The molecule has 29 heavy (non-hydrogen) atoms. The van der Waals surface area contributed by atoms with Gasteiger partial charge in [0.1, 0.15) is 6.54 Å². The summed E-state index contributed by atoms with van der Waals surface area (Å²) >= 11 is 0. The van der Waals surface area contributed by atoms with Crippen LogP contribution >= 0.6 is 0 Å². The van der Waals surface area contributed by atoms with Gasteiger partial charge in [0.25, 0.3) is 5.89 Å². The summed E-state index contributed by atoms with van der Waals surface area (Å²) in [6, 6.07) is 13.6. The van der Waals surface area contributed by atoms with Crippen molar-refractivity contribution in [3.63, 3.8) is 0 Å². The first-order chi connectivity index (χ1) is 14.2. The number of pyridine rings is 1. The third-order valence-corrected chi connectivity index (χ3v) is 4.69. The second-order valence-corrected chi connectivity index (χ2v) is 6.69. The summed E-state index contributed by atoms with van der Waals surface area (Å²) < 4.78 is 8.93. The Hall–Kier alpha value is -4.01. The van der Waals surface area contributed by atoms with Gasteiger partial charge in [-0.2, -0.15) is 4.98 Å². The number of nitrogens with one attached hydrogen (secondary N) is 1.